The Morgan fingerprint density at radius 1 is 1.47 bits per heavy atom. The molecule has 17 heavy (non-hydrogen) atoms. The molecular formula is C9H19NO6S. The van der Waals surface area contributed by atoms with Crippen molar-refractivity contribution in [2.75, 3.05) is 0 Å². The first kappa shape index (κ1) is 15.1. The number of rotatable bonds is 6. The largest absolute Gasteiger partial charge is 0.390 e. The first-order valence-electron chi connectivity index (χ1n) is 5.42. The summed E-state index contributed by atoms with van der Waals surface area (Å²) < 4.78 is 18.2. The summed E-state index contributed by atoms with van der Waals surface area (Å²) in [4.78, 5) is 0. The van der Waals surface area contributed by atoms with Gasteiger partial charge in [-0.25, -0.2) is 9.98 Å². The van der Waals surface area contributed by atoms with Crippen LogP contribution in [-0.2, 0) is 18.8 Å². The Kier molecular flexibility index (Phi) is 6.67. The maximum Gasteiger partial charge on any atom is 0.174 e. The fourth-order valence-corrected chi connectivity index (χ4v) is 1.96. The van der Waals surface area contributed by atoms with Crippen LogP contribution in [0.5, 0.6) is 0 Å². The molecule has 8 heteroatoms. The van der Waals surface area contributed by atoms with Gasteiger partial charge in [-0.15, -0.1) is 4.33 Å². The van der Waals surface area contributed by atoms with Crippen molar-refractivity contribution in [2.24, 2.45) is 0 Å². The zero-order valence-corrected chi connectivity index (χ0v) is 10.8. The zero-order chi connectivity index (χ0) is 12.8. The molecule has 0 bridgehead atoms. The Morgan fingerprint density at radius 2 is 2.18 bits per heavy atom. The molecule has 7 nitrogen and oxygen atoms in total. The number of aliphatic hydroxyl groups excluding tert-OH is 1. The lowest BCUT2D eigenvalue weighted by Gasteiger charge is -2.38. The number of nitrogens with one attached hydrogen (secondary N) is 1. The second kappa shape index (κ2) is 7.49. The van der Waals surface area contributed by atoms with E-state index < -0.39 is 12.4 Å². The minimum Gasteiger partial charge on any atom is -0.390 e. The third kappa shape index (κ3) is 5.06. The van der Waals surface area contributed by atoms with Gasteiger partial charge in [-0.3, -0.25) is 0 Å². The van der Waals surface area contributed by atoms with E-state index in [0.717, 1.165) is 0 Å². The van der Waals surface area contributed by atoms with E-state index in [1.54, 1.807) is 6.92 Å². The van der Waals surface area contributed by atoms with E-state index in [4.69, 9.17) is 14.7 Å². The van der Waals surface area contributed by atoms with Crippen LogP contribution in [0.3, 0.4) is 0 Å². The van der Waals surface area contributed by atoms with E-state index in [1.165, 1.54) is 0 Å². The average molecular weight is 269 g/mol. The number of ether oxygens (including phenoxy) is 2. The Morgan fingerprint density at radius 3 is 2.76 bits per heavy atom. The second-order valence-corrected chi connectivity index (χ2v) is 4.69. The van der Waals surface area contributed by atoms with Crippen LogP contribution in [0.4, 0.5) is 0 Å². The van der Waals surface area contributed by atoms with Crippen LogP contribution in [0.1, 0.15) is 27.2 Å². The van der Waals surface area contributed by atoms with Crippen molar-refractivity contribution in [2.45, 2.75) is 57.8 Å². The highest BCUT2D eigenvalue weighted by Gasteiger charge is 2.36. The summed E-state index contributed by atoms with van der Waals surface area (Å²) in [5, 5.41) is 21.2. The van der Waals surface area contributed by atoms with Crippen molar-refractivity contribution in [1.29, 1.82) is 0 Å². The van der Waals surface area contributed by atoms with Gasteiger partial charge >= 0.3 is 0 Å². The van der Waals surface area contributed by atoms with Crippen molar-refractivity contribution in [3.05, 3.63) is 0 Å². The van der Waals surface area contributed by atoms with Crippen LogP contribution in [0, 0.1) is 0 Å². The molecule has 1 saturated heterocycles. The van der Waals surface area contributed by atoms with E-state index in [1.807, 2.05) is 13.8 Å². The van der Waals surface area contributed by atoms with E-state index in [0.29, 0.717) is 18.6 Å². The summed E-state index contributed by atoms with van der Waals surface area (Å²) >= 11 is 0.701. The van der Waals surface area contributed by atoms with E-state index in [2.05, 4.69) is 14.1 Å². The summed E-state index contributed by atoms with van der Waals surface area (Å²) in [5.74, 6) is 0. The fourth-order valence-electron chi connectivity index (χ4n) is 1.56. The molecule has 1 aliphatic heterocycles. The molecular weight excluding hydrogens is 250 g/mol. The summed E-state index contributed by atoms with van der Waals surface area (Å²) in [6.07, 6.45) is -0.873. The van der Waals surface area contributed by atoms with Crippen molar-refractivity contribution in [1.82, 2.24) is 4.72 Å². The van der Waals surface area contributed by atoms with Gasteiger partial charge in [0.25, 0.3) is 0 Å². The third-order valence-electron chi connectivity index (χ3n) is 2.38. The van der Waals surface area contributed by atoms with Crippen LogP contribution >= 0.6 is 12.2 Å². The number of aliphatic hydroxyl groups is 1. The Hall–Kier alpha value is 0.0700. The smallest absolute Gasteiger partial charge is 0.174 e. The number of hydrogen-bond donors (Lipinski definition) is 3. The summed E-state index contributed by atoms with van der Waals surface area (Å²) in [6, 6.07) is -0.260. The molecule has 0 aromatic heterocycles. The normalized spacial score (nSPS) is 34.2. The van der Waals surface area contributed by atoms with Gasteiger partial charge in [0.15, 0.2) is 6.29 Å². The zero-order valence-electron chi connectivity index (χ0n) is 10.0. The average Bonchev–Trinajstić information content (AvgIpc) is 2.24. The van der Waals surface area contributed by atoms with Gasteiger partial charge < -0.3 is 14.6 Å². The van der Waals surface area contributed by atoms with Gasteiger partial charge in [-0.05, 0) is 27.2 Å². The van der Waals surface area contributed by atoms with Crippen LogP contribution in [0.25, 0.3) is 0 Å². The van der Waals surface area contributed by atoms with E-state index >= 15 is 0 Å². The highest BCUT2D eigenvalue weighted by Crippen LogP contribution is 2.23. The highest BCUT2D eigenvalue weighted by atomic mass is 32.2. The quantitative estimate of drug-likeness (QED) is 0.215. The molecule has 0 aromatic carbocycles. The Balaban J connectivity index is 2.48. The molecule has 0 spiro atoms. The van der Waals surface area contributed by atoms with Gasteiger partial charge in [0.05, 0.1) is 24.4 Å². The standard InChI is InChI=1S/C9H19NO6S/c1-5(2)13-9-7(10-17-16-15-12)4-8(11)6(3)14-9/h5-12H,4H2,1-3H3/t6?,7?,8-,9-/m0/s1. The van der Waals surface area contributed by atoms with Gasteiger partial charge in [0.1, 0.15) is 12.2 Å². The molecule has 1 heterocycles. The van der Waals surface area contributed by atoms with Gasteiger partial charge in [-0.1, -0.05) is 5.04 Å². The lowest BCUT2D eigenvalue weighted by Crippen LogP contribution is -2.52. The van der Waals surface area contributed by atoms with Crippen molar-refractivity contribution in [3.63, 3.8) is 0 Å². The molecule has 0 radical (unpaired) electrons. The molecule has 1 rings (SSSR count). The molecule has 3 N–H and O–H groups in total. The van der Waals surface area contributed by atoms with Crippen molar-refractivity contribution in [3.8, 4) is 0 Å². The maximum atomic E-state index is 9.71. The fraction of sp³-hybridized carbons (Fsp3) is 1.00. The third-order valence-corrected chi connectivity index (χ3v) is 2.91. The van der Waals surface area contributed by atoms with E-state index in [9.17, 15) is 5.11 Å². The van der Waals surface area contributed by atoms with Crippen molar-refractivity contribution < 1.29 is 29.2 Å². The summed E-state index contributed by atoms with van der Waals surface area (Å²) in [7, 11) is 0. The van der Waals surface area contributed by atoms with Crippen molar-refractivity contribution >= 4 is 12.2 Å². The van der Waals surface area contributed by atoms with Gasteiger partial charge in [-0.2, -0.15) is 0 Å². The predicted molar refractivity (Wildman–Crippen MR) is 60.5 cm³/mol. The SMILES string of the molecule is CC(C)O[C@H]1OC(C)[C@@H](O)CC1NSOOO. The Labute approximate surface area is 105 Å². The lowest BCUT2D eigenvalue weighted by molar-refractivity contribution is -0.432. The minimum absolute atomic E-state index is 0.00625. The lowest BCUT2D eigenvalue weighted by atomic mass is 10.0. The molecule has 0 aliphatic carbocycles. The molecule has 0 amide bonds. The monoisotopic (exact) mass is 269 g/mol. The molecule has 4 atom stereocenters. The first-order chi connectivity index (χ1) is 8.04. The Bertz CT molecular complexity index is 220. The molecule has 0 saturated carbocycles. The van der Waals surface area contributed by atoms with Gasteiger partial charge in [0, 0.05) is 0 Å². The molecule has 1 fully saturated rings. The summed E-state index contributed by atoms with van der Waals surface area (Å²) in [6.45, 7) is 5.59. The maximum absolute atomic E-state index is 9.71. The van der Waals surface area contributed by atoms with Crippen LogP contribution in [0.2, 0.25) is 0 Å². The topological polar surface area (TPSA) is 89.4 Å². The summed E-state index contributed by atoms with van der Waals surface area (Å²) in [5.41, 5.74) is 0. The highest BCUT2D eigenvalue weighted by molar-refractivity contribution is 7.92. The van der Waals surface area contributed by atoms with E-state index in [-0.39, 0.29) is 18.2 Å². The van der Waals surface area contributed by atoms with Crippen LogP contribution < -0.4 is 4.72 Å². The number of hydrogen-bond acceptors (Lipinski definition) is 8. The molecule has 102 valence electrons. The van der Waals surface area contributed by atoms with Crippen LogP contribution in [0.15, 0.2) is 0 Å². The minimum atomic E-state index is -0.574. The van der Waals surface area contributed by atoms with Gasteiger partial charge in [0.2, 0.25) is 0 Å². The predicted octanol–water partition coefficient (Wildman–Crippen LogP) is 0.850. The molecule has 0 aromatic rings. The first-order valence-corrected chi connectivity index (χ1v) is 6.17. The second-order valence-electron chi connectivity index (χ2n) is 4.15. The molecule has 1 aliphatic rings. The van der Waals surface area contributed by atoms with Crippen LogP contribution in [-0.4, -0.2) is 41.0 Å². The molecule has 2 unspecified atom stereocenters.